The molecule has 1 fully saturated rings. The summed E-state index contributed by atoms with van der Waals surface area (Å²) in [7, 11) is 4.03. The number of hydrogen-bond donors (Lipinski definition) is 0. The highest BCUT2D eigenvalue weighted by Gasteiger charge is 2.38. The van der Waals surface area contributed by atoms with E-state index in [0.717, 1.165) is 0 Å². The van der Waals surface area contributed by atoms with Crippen molar-refractivity contribution in [1.82, 2.24) is 39.3 Å². The molecular weight excluding hydrogens is 332 g/mol. The van der Waals surface area contributed by atoms with Crippen LogP contribution in [0.15, 0.2) is 49.3 Å². The van der Waals surface area contributed by atoms with E-state index >= 15 is 0 Å². The van der Waals surface area contributed by atoms with E-state index in [0.29, 0.717) is 24.6 Å². The third-order valence-corrected chi connectivity index (χ3v) is 4.71. The molecule has 0 bridgehead atoms. The van der Waals surface area contributed by atoms with Gasteiger partial charge in [-0.05, 0) is 26.2 Å². The van der Waals surface area contributed by atoms with Crippen LogP contribution in [0.5, 0.6) is 0 Å². The van der Waals surface area contributed by atoms with Crippen LogP contribution in [0, 0.1) is 0 Å². The maximum Gasteiger partial charge on any atom is 0.272 e. The van der Waals surface area contributed by atoms with Gasteiger partial charge in [0.2, 0.25) is 0 Å². The molecule has 0 saturated carbocycles. The molecule has 1 aliphatic rings. The highest BCUT2D eigenvalue weighted by atomic mass is 16.2. The topological polar surface area (TPSA) is 85.0 Å². The second-order valence-corrected chi connectivity index (χ2v) is 6.54. The van der Waals surface area contributed by atoms with Gasteiger partial charge in [-0.2, -0.15) is 0 Å². The summed E-state index contributed by atoms with van der Waals surface area (Å²) >= 11 is 0. The van der Waals surface area contributed by atoms with E-state index in [2.05, 4.69) is 25.2 Å². The number of likely N-dealkylation sites (tertiary alicyclic amines) is 1. The molecule has 1 saturated heterocycles. The van der Waals surface area contributed by atoms with Crippen molar-refractivity contribution in [2.45, 2.75) is 12.1 Å². The van der Waals surface area contributed by atoms with E-state index in [1.807, 2.05) is 42.0 Å². The number of aromatic nitrogens is 6. The number of carbonyl (C=O) groups excluding carboxylic acids is 1. The highest BCUT2D eigenvalue weighted by Crippen LogP contribution is 2.25. The molecule has 9 heteroatoms. The lowest BCUT2D eigenvalue weighted by Crippen LogP contribution is -2.37. The summed E-state index contributed by atoms with van der Waals surface area (Å²) in [6.07, 6.45) is 8.64. The number of hydrogen-bond acceptors (Lipinski definition) is 6. The van der Waals surface area contributed by atoms with Crippen molar-refractivity contribution >= 4 is 5.91 Å². The Labute approximate surface area is 150 Å². The smallest absolute Gasteiger partial charge is 0.272 e. The van der Waals surface area contributed by atoms with Crippen molar-refractivity contribution < 1.29 is 4.79 Å². The van der Waals surface area contributed by atoms with E-state index in [9.17, 15) is 4.79 Å². The Morgan fingerprint density at radius 3 is 2.77 bits per heavy atom. The Hall–Kier alpha value is -3.07. The number of likely N-dealkylation sites (N-methyl/N-ethyl adjacent to an activating group) is 1. The normalized spacial score (nSPS) is 20.0. The number of carbonyl (C=O) groups is 1. The fraction of sp³-hybridized carbons (Fsp3) is 0.353. The minimum absolute atomic E-state index is 0.0632. The SMILES string of the molecule is CN(C)[C@@H]1CN(C(=O)c2cccc(-n3ccnc3)n2)C[C@@H]1n1ccnn1. The first kappa shape index (κ1) is 16.4. The third-order valence-electron chi connectivity index (χ3n) is 4.71. The van der Waals surface area contributed by atoms with Crippen LogP contribution >= 0.6 is 0 Å². The van der Waals surface area contributed by atoms with Gasteiger partial charge in [-0.3, -0.25) is 9.36 Å². The lowest BCUT2D eigenvalue weighted by atomic mass is 10.1. The van der Waals surface area contributed by atoms with Crippen LogP contribution in [0.4, 0.5) is 0 Å². The molecule has 0 radical (unpaired) electrons. The van der Waals surface area contributed by atoms with Crippen LogP contribution in [0.3, 0.4) is 0 Å². The monoisotopic (exact) mass is 352 g/mol. The maximum absolute atomic E-state index is 13.0. The molecule has 0 N–H and O–H groups in total. The van der Waals surface area contributed by atoms with Crippen LogP contribution in [0.2, 0.25) is 0 Å². The van der Waals surface area contributed by atoms with E-state index in [-0.39, 0.29) is 18.0 Å². The molecule has 3 aromatic rings. The Morgan fingerprint density at radius 2 is 2.08 bits per heavy atom. The summed E-state index contributed by atoms with van der Waals surface area (Å²) in [5.74, 6) is 0.589. The van der Waals surface area contributed by atoms with Crippen molar-refractivity contribution in [1.29, 1.82) is 0 Å². The Bertz CT molecular complexity index is 874. The minimum atomic E-state index is -0.0820. The average Bonchev–Trinajstić information content (AvgIpc) is 3.42. The van der Waals surface area contributed by atoms with Crippen LogP contribution in [-0.2, 0) is 0 Å². The molecule has 4 heterocycles. The van der Waals surface area contributed by atoms with Gasteiger partial charge in [0.25, 0.3) is 5.91 Å². The van der Waals surface area contributed by atoms with E-state index < -0.39 is 0 Å². The molecule has 0 spiro atoms. The summed E-state index contributed by atoms with van der Waals surface area (Å²) in [6.45, 7) is 1.19. The minimum Gasteiger partial charge on any atom is -0.333 e. The molecule has 3 aromatic heterocycles. The summed E-state index contributed by atoms with van der Waals surface area (Å²) < 4.78 is 3.61. The standard InChI is InChI=1S/C17H20N8O/c1-22(2)14-10-24(11-15(14)25-9-7-19-21-25)17(26)13-4-3-5-16(20-13)23-8-6-18-12-23/h3-9,12,14-15H,10-11H2,1-2H3/t14-,15+/m1/s1. The second-order valence-electron chi connectivity index (χ2n) is 6.54. The predicted octanol–water partition coefficient (Wildman–Crippen LogP) is 0.486. The maximum atomic E-state index is 13.0. The molecular formula is C17H20N8O. The second kappa shape index (κ2) is 6.68. The fourth-order valence-electron chi connectivity index (χ4n) is 3.34. The average molecular weight is 352 g/mol. The molecule has 0 aliphatic carbocycles. The van der Waals surface area contributed by atoms with E-state index in [1.54, 1.807) is 35.6 Å². The van der Waals surface area contributed by atoms with Crippen molar-refractivity contribution in [3.63, 3.8) is 0 Å². The van der Waals surface area contributed by atoms with Gasteiger partial charge in [0.05, 0.1) is 18.3 Å². The molecule has 1 amide bonds. The Balaban J connectivity index is 1.58. The van der Waals surface area contributed by atoms with Crippen LogP contribution in [-0.4, -0.2) is 78.5 Å². The number of pyridine rings is 1. The van der Waals surface area contributed by atoms with Crippen molar-refractivity contribution in [2.24, 2.45) is 0 Å². The van der Waals surface area contributed by atoms with Gasteiger partial charge in [-0.15, -0.1) is 5.10 Å². The zero-order chi connectivity index (χ0) is 18.1. The highest BCUT2D eigenvalue weighted by molar-refractivity contribution is 5.92. The summed E-state index contributed by atoms with van der Waals surface area (Å²) in [4.78, 5) is 25.5. The number of nitrogens with zero attached hydrogens (tertiary/aromatic N) is 8. The zero-order valence-electron chi connectivity index (χ0n) is 14.7. The zero-order valence-corrected chi connectivity index (χ0v) is 14.7. The first-order valence-electron chi connectivity index (χ1n) is 8.40. The van der Waals surface area contributed by atoms with Gasteiger partial charge < -0.3 is 9.80 Å². The number of rotatable bonds is 4. The number of amides is 1. The predicted molar refractivity (Wildman–Crippen MR) is 93.8 cm³/mol. The molecule has 9 nitrogen and oxygen atoms in total. The van der Waals surface area contributed by atoms with Crippen LogP contribution in [0.1, 0.15) is 16.5 Å². The summed E-state index contributed by atoms with van der Waals surface area (Å²) in [5, 5.41) is 8.02. The van der Waals surface area contributed by atoms with Gasteiger partial charge in [-0.25, -0.2) is 14.6 Å². The lowest BCUT2D eigenvalue weighted by Gasteiger charge is -2.24. The van der Waals surface area contributed by atoms with Gasteiger partial charge in [0.1, 0.15) is 17.8 Å². The first-order chi connectivity index (χ1) is 12.6. The number of imidazole rings is 1. The fourth-order valence-corrected chi connectivity index (χ4v) is 3.34. The van der Waals surface area contributed by atoms with E-state index in [1.165, 1.54) is 0 Å². The van der Waals surface area contributed by atoms with Crippen molar-refractivity contribution in [3.05, 3.63) is 55.0 Å². The molecule has 0 aromatic carbocycles. The summed E-state index contributed by atoms with van der Waals surface area (Å²) in [5.41, 5.74) is 0.424. The van der Waals surface area contributed by atoms with Gasteiger partial charge in [-0.1, -0.05) is 11.3 Å². The first-order valence-corrected chi connectivity index (χ1v) is 8.40. The van der Waals surface area contributed by atoms with Crippen LogP contribution < -0.4 is 0 Å². The lowest BCUT2D eigenvalue weighted by molar-refractivity contribution is 0.0775. The molecule has 2 atom stereocenters. The van der Waals surface area contributed by atoms with Gasteiger partial charge in [0.15, 0.2) is 0 Å². The quantitative estimate of drug-likeness (QED) is 0.679. The van der Waals surface area contributed by atoms with Crippen molar-refractivity contribution in [3.8, 4) is 5.82 Å². The summed E-state index contributed by atoms with van der Waals surface area (Å²) in [6, 6.07) is 5.66. The molecule has 0 unspecified atom stereocenters. The Kier molecular flexibility index (Phi) is 4.21. The van der Waals surface area contributed by atoms with Crippen LogP contribution in [0.25, 0.3) is 5.82 Å². The largest absolute Gasteiger partial charge is 0.333 e. The molecule has 4 rings (SSSR count). The van der Waals surface area contributed by atoms with Gasteiger partial charge in [0, 0.05) is 31.7 Å². The van der Waals surface area contributed by atoms with Gasteiger partial charge >= 0.3 is 0 Å². The van der Waals surface area contributed by atoms with E-state index in [4.69, 9.17) is 0 Å². The third kappa shape index (κ3) is 2.97. The van der Waals surface area contributed by atoms with Crippen molar-refractivity contribution in [2.75, 3.05) is 27.2 Å². The Morgan fingerprint density at radius 1 is 1.19 bits per heavy atom. The molecule has 134 valence electrons. The molecule has 26 heavy (non-hydrogen) atoms. The molecule has 1 aliphatic heterocycles.